The predicted octanol–water partition coefficient (Wildman–Crippen LogP) is 2.97. The third-order valence-corrected chi connectivity index (χ3v) is 5.11. The summed E-state index contributed by atoms with van der Waals surface area (Å²) < 4.78 is 5.22. The van der Waals surface area contributed by atoms with Crippen molar-refractivity contribution in [3.05, 3.63) is 65.2 Å². The van der Waals surface area contributed by atoms with Gasteiger partial charge >= 0.3 is 0 Å². The lowest BCUT2D eigenvalue weighted by Gasteiger charge is -2.36. The number of primary amides is 1. The normalized spacial score (nSPS) is 16.6. The van der Waals surface area contributed by atoms with Gasteiger partial charge in [0.25, 0.3) is 0 Å². The molecular formula is C21H23N3O2. The smallest absolute Gasteiger partial charge is 0.239 e. The van der Waals surface area contributed by atoms with Crippen LogP contribution in [0.1, 0.15) is 41.5 Å². The fraction of sp³-hybridized carbons (Fsp3) is 0.333. The van der Waals surface area contributed by atoms with E-state index in [1.807, 2.05) is 24.3 Å². The van der Waals surface area contributed by atoms with E-state index in [4.69, 9.17) is 15.7 Å². The minimum absolute atomic E-state index is 0.349. The van der Waals surface area contributed by atoms with Gasteiger partial charge in [-0.1, -0.05) is 24.3 Å². The number of nitrogens with two attached hydrogens (primary N) is 1. The Morgan fingerprint density at radius 3 is 2.27 bits per heavy atom. The van der Waals surface area contributed by atoms with Crippen LogP contribution in [0.3, 0.4) is 0 Å². The Bertz CT molecular complexity index is 786. The molecule has 2 aromatic carbocycles. The molecule has 0 aliphatic carbocycles. The number of hydrogen-bond donors (Lipinski definition) is 1. The van der Waals surface area contributed by atoms with Crippen molar-refractivity contribution < 1.29 is 9.53 Å². The molecule has 1 heterocycles. The molecule has 5 nitrogen and oxygen atoms in total. The van der Waals surface area contributed by atoms with Crippen LogP contribution in [0.15, 0.2) is 48.5 Å². The van der Waals surface area contributed by atoms with E-state index in [0.717, 1.165) is 37.2 Å². The topological polar surface area (TPSA) is 79.3 Å². The maximum absolute atomic E-state index is 12.1. The first kappa shape index (κ1) is 18.0. The maximum Gasteiger partial charge on any atom is 0.239 e. The minimum Gasteiger partial charge on any atom is -0.497 e. The average Bonchev–Trinajstić information content (AvgIpc) is 2.69. The SMILES string of the molecule is COc1ccc(C2CCN(C(C(N)=O)c3ccc(C#N)cc3)CC2)cc1. The molecule has 1 aliphatic rings. The fourth-order valence-corrected chi connectivity index (χ4v) is 3.66. The number of methoxy groups -OCH3 is 1. The van der Waals surface area contributed by atoms with Crippen LogP contribution in [0.2, 0.25) is 0 Å². The second-order valence-corrected chi connectivity index (χ2v) is 6.62. The highest BCUT2D eigenvalue weighted by Gasteiger charge is 2.30. The van der Waals surface area contributed by atoms with E-state index in [-0.39, 0.29) is 5.91 Å². The van der Waals surface area contributed by atoms with Gasteiger partial charge in [0.15, 0.2) is 0 Å². The van der Waals surface area contributed by atoms with Gasteiger partial charge in [-0.15, -0.1) is 0 Å². The number of amides is 1. The number of piperidine rings is 1. The predicted molar refractivity (Wildman–Crippen MR) is 99.6 cm³/mol. The summed E-state index contributed by atoms with van der Waals surface area (Å²) in [6.07, 6.45) is 1.96. The van der Waals surface area contributed by atoms with E-state index in [9.17, 15) is 4.79 Å². The van der Waals surface area contributed by atoms with Gasteiger partial charge in [0, 0.05) is 0 Å². The number of rotatable bonds is 5. The summed E-state index contributed by atoms with van der Waals surface area (Å²) in [5.74, 6) is 0.991. The van der Waals surface area contributed by atoms with Gasteiger partial charge in [0.1, 0.15) is 11.8 Å². The van der Waals surface area contributed by atoms with Gasteiger partial charge in [-0.25, -0.2) is 0 Å². The third kappa shape index (κ3) is 3.87. The first-order valence-electron chi connectivity index (χ1n) is 8.79. The van der Waals surface area contributed by atoms with Gasteiger partial charge < -0.3 is 10.5 Å². The van der Waals surface area contributed by atoms with Gasteiger partial charge in [-0.2, -0.15) is 5.26 Å². The summed E-state index contributed by atoms with van der Waals surface area (Å²) in [6, 6.07) is 17.0. The van der Waals surface area contributed by atoms with Crippen molar-refractivity contribution >= 4 is 5.91 Å². The zero-order valence-corrected chi connectivity index (χ0v) is 14.9. The average molecular weight is 349 g/mol. The van der Waals surface area contributed by atoms with Crippen LogP contribution in [-0.2, 0) is 4.79 Å². The number of nitrogens with zero attached hydrogens (tertiary/aromatic N) is 2. The molecule has 2 aromatic rings. The summed E-state index contributed by atoms with van der Waals surface area (Å²) >= 11 is 0. The Balaban J connectivity index is 1.69. The van der Waals surface area contributed by atoms with Crippen molar-refractivity contribution in [2.75, 3.05) is 20.2 Å². The molecule has 0 radical (unpaired) electrons. The van der Waals surface area contributed by atoms with Crippen LogP contribution < -0.4 is 10.5 Å². The molecule has 5 heteroatoms. The molecule has 1 fully saturated rings. The number of hydrogen-bond acceptors (Lipinski definition) is 4. The number of nitriles is 1. The first-order valence-corrected chi connectivity index (χ1v) is 8.79. The number of carbonyl (C=O) groups is 1. The fourth-order valence-electron chi connectivity index (χ4n) is 3.66. The highest BCUT2D eigenvalue weighted by atomic mass is 16.5. The second-order valence-electron chi connectivity index (χ2n) is 6.62. The van der Waals surface area contributed by atoms with Crippen molar-refractivity contribution in [3.8, 4) is 11.8 Å². The number of ether oxygens (including phenoxy) is 1. The Kier molecular flexibility index (Phi) is 5.55. The standard InChI is InChI=1S/C21H23N3O2/c1-26-19-8-6-16(7-9-19)17-10-12-24(13-11-17)20(21(23)25)18-4-2-15(14-22)3-5-18/h2-9,17,20H,10-13H2,1H3,(H2,23,25). The minimum atomic E-state index is -0.445. The van der Waals surface area contributed by atoms with Crippen LogP contribution in [0.25, 0.3) is 0 Å². The van der Waals surface area contributed by atoms with E-state index in [1.165, 1.54) is 5.56 Å². The molecule has 3 rings (SSSR count). The third-order valence-electron chi connectivity index (χ3n) is 5.11. The van der Waals surface area contributed by atoms with Crippen molar-refractivity contribution in [2.24, 2.45) is 5.73 Å². The summed E-state index contributed by atoms with van der Waals surface area (Å²) in [4.78, 5) is 14.2. The molecule has 0 bridgehead atoms. The lowest BCUT2D eigenvalue weighted by atomic mass is 9.88. The van der Waals surface area contributed by atoms with Crippen molar-refractivity contribution in [1.82, 2.24) is 4.90 Å². The molecule has 26 heavy (non-hydrogen) atoms. The first-order chi connectivity index (χ1) is 12.6. The Hall–Kier alpha value is -2.84. The quantitative estimate of drug-likeness (QED) is 0.900. The molecular weight excluding hydrogens is 326 g/mol. The van der Waals surface area contributed by atoms with Crippen LogP contribution >= 0.6 is 0 Å². The summed E-state index contributed by atoms with van der Waals surface area (Å²) in [6.45, 7) is 1.62. The van der Waals surface area contributed by atoms with E-state index in [0.29, 0.717) is 11.5 Å². The summed E-state index contributed by atoms with van der Waals surface area (Å²) in [7, 11) is 1.67. The molecule has 1 saturated heterocycles. The van der Waals surface area contributed by atoms with E-state index >= 15 is 0 Å². The maximum atomic E-state index is 12.1. The van der Waals surface area contributed by atoms with Crippen LogP contribution in [-0.4, -0.2) is 31.0 Å². The molecule has 1 unspecified atom stereocenters. The molecule has 1 amide bonds. The van der Waals surface area contributed by atoms with Gasteiger partial charge in [-0.3, -0.25) is 9.69 Å². The number of benzene rings is 2. The Morgan fingerprint density at radius 1 is 1.15 bits per heavy atom. The van der Waals surface area contributed by atoms with E-state index < -0.39 is 6.04 Å². The largest absolute Gasteiger partial charge is 0.497 e. The zero-order chi connectivity index (χ0) is 18.5. The molecule has 2 N–H and O–H groups in total. The summed E-state index contributed by atoms with van der Waals surface area (Å²) in [5, 5.41) is 8.94. The highest BCUT2D eigenvalue weighted by Crippen LogP contribution is 2.33. The highest BCUT2D eigenvalue weighted by molar-refractivity contribution is 5.81. The molecule has 0 saturated carbocycles. The van der Waals surface area contributed by atoms with Crippen molar-refractivity contribution in [2.45, 2.75) is 24.8 Å². The second kappa shape index (κ2) is 8.03. The van der Waals surface area contributed by atoms with Crippen LogP contribution in [0, 0.1) is 11.3 Å². The zero-order valence-electron chi connectivity index (χ0n) is 14.9. The van der Waals surface area contributed by atoms with Gasteiger partial charge in [-0.05, 0) is 67.2 Å². The molecule has 1 atom stereocenters. The molecule has 134 valence electrons. The monoisotopic (exact) mass is 349 g/mol. The Labute approximate surface area is 154 Å². The molecule has 0 spiro atoms. The van der Waals surface area contributed by atoms with Gasteiger partial charge in [0.2, 0.25) is 5.91 Å². The number of carbonyl (C=O) groups excluding carboxylic acids is 1. The van der Waals surface area contributed by atoms with Crippen molar-refractivity contribution in [1.29, 1.82) is 5.26 Å². The summed E-state index contributed by atoms with van der Waals surface area (Å²) in [5.41, 5.74) is 8.42. The lowest BCUT2D eigenvalue weighted by Crippen LogP contribution is -2.42. The molecule has 0 aromatic heterocycles. The van der Waals surface area contributed by atoms with Crippen LogP contribution in [0.5, 0.6) is 5.75 Å². The lowest BCUT2D eigenvalue weighted by molar-refractivity contribution is -0.124. The Morgan fingerprint density at radius 2 is 1.77 bits per heavy atom. The van der Waals surface area contributed by atoms with Crippen molar-refractivity contribution in [3.63, 3.8) is 0 Å². The molecule has 1 aliphatic heterocycles. The van der Waals surface area contributed by atoms with Crippen LogP contribution in [0.4, 0.5) is 0 Å². The van der Waals surface area contributed by atoms with Gasteiger partial charge in [0.05, 0.1) is 18.7 Å². The van der Waals surface area contributed by atoms with E-state index in [1.54, 1.807) is 19.2 Å². The van der Waals surface area contributed by atoms with E-state index in [2.05, 4.69) is 23.1 Å². The number of likely N-dealkylation sites (tertiary alicyclic amines) is 1.